The Hall–Kier alpha value is -3.09. The van der Waals surface area contributed by atoms with Crippen LogP contribution in [0.4, 0.5) is 4.39 Å². The minimum Gasteiger partial charge on any atom is -0.426 e. The number of fused-ring (bicyclic) bond motifs is 1. The monoisotopic (exact) mass is 560 g/mol. The fraction of sp³-hybridized carbons (Fsp3) is 0.273. The predicted molar refractivity (Wildman–Crippen MR) is 163 cm³/mol. The van der Waals surface area contributed by atoms with Gasteiger partial charge in [-0.15, -0.1) is 24.4 Å². The molecule has 0 bridgehead atoms. The van der Waals surface area contributed by atoms with Crippen LogP contribution in [0.25, 0.3) is 17.2 Å². The summed E-state index contributed by atoms with van der Waals surface area (Å²) in [6.45, 7) is 9.75. The third-order valence-corrected chi connectivity index (χ3v) is 8.04. The summed E-state index contributed by atoms with van der Waals surface area (Å²) < 4.78 is 20.4. The summed E-state index contributed by atoms with van der Waals surface area (Å²) in [4.78, 5) is 26.5. The van der Waals surface area contributed by atoms with Crippen LogP contribution < -0.4 is 4.74 Å². The largest absolute Gasteiger partial charge is 0.426 e. The molecule has 0 spiro atoms. The Morgan fingerprint density at radius 3 is 2.33 bits per heavy atom. The van der Waals surface area contributed by atoms with Gasteiger partial charge in [0.15, 0.2) is 5.12 Å². The van der Waals surface area contributed by atoms with Crippen molar-refractivity contribution in [1.82, 2.24) is 0 Å². The standard InChI is InChI=1S/C33H33FO3S2/c1-19-13-20(2)32(33(4,5)18-31(36)38)29(14-19)37-30(35)17-27-21(3)26(25-12-9-23(34)16-28(25)27)15-22-7-10-24(39-6)11-8-22/h7-16H,17-18H2,1-6H3,(H,36,38). The van der Waals surface area contributed by atoms with Gasteiger partial charge in [0.25, 0.3) is 0 Å². The minimum atomic E-state index is -0.577. The molecule has 1 aliphatic carbocycles. The average Bonchev–Trinajstić information content (AvgIpc) is 3.08. The Bertz CT molecular complexity index is 1510. The number of ether oxygens (including phenoxy) is 1. The lowest BCUT2D eigenvalue weighted by molar-refractivity contribution is -0.133. The number of thioether (sulfide) groups is 1. The quantitative estimate of drug-likeness (QED) is 0.130. The van der Waals surface area contributed by atoms with Gasteiger partial charge in [-0.1, -0.05) is 38.1 Å². The average molecular weight is 561 g/mol. The van der Waals surface area contributed by atoms with Gasteiger partial charge in [0, 0.05) is 22.3 Å². The molecule has 3 aromatic carbocycles. The molecular weight excluding hydrogens is 527 g/mol. The number of hydrogen-bond donors (Lipinski definition) is 1. The Morgan fingerprint density at radius 1 is 1.00 bits per heavy atom. The molecule has 1 aliphatic rings. The van der Waals surface area contributed by atoms with Gasteiger partial charge in [0.05, 0.1) is 6.42 Å². The molecule has 0 N–H and O–H groups in total. The van der Waals surface area contributed by atoms with Crippen LogP contribution in [0.2, 0.25) is 0 Å². The first kappa shape index (κ1) is 28.9. The van der Waals surface area contributed by atoms with Crippen LogP contribution in [0.3, 0.4) is 0 Å². The normalized spacial score (nSPS) is 14.1. The summed E-state index contributed by atoms with van der Waals surface area (Å²) >= 11 is 5.67. The number of rotatable bonds is 8. The van der Waals surface area contributed by atoms with Crippen molar-refractivity contribution in [1.29, 1.82) is 0 Å². The van der Waals surface area contributed by atoms with E-state index in [4.69, 9.17) is 4.74 Å². The summed E-state index contributed by atoms with van der Waals surface area (Å²) in [5.74, 6) is -0.352. The maximum absolute atomic E-state index is 14.4. The van der Waals surface area contributed by atoms with Crippen molar-refractivity contribution < 1.29 is 18.7 Å². The first-order valence-corrected chi connectivity index (χ1v) is 14.5. The Kier molecular flexibility index (Phi) is 8.57. The SMILES string of the molecule is CSc1ccc(C=C2C(C)=C(CC(=O)Oc3cc(C)cc(C)c3C(C)(C)CC(=O)S)c3cc(F)ccc32)cc1. The second-order valence-electron chi connectivity index (χ2n) is 10.7. The van der Waals surface area contributed by atoms with Crippen molar-refractivity contribution >= 4 is 52.7 Å². The first-order chi connectivity index (χ1) is 18.4. The van der Waals surface area contributed by atoms with E-state index in [1.165, 1.54) is 17.0 Å². The van der Waals surface area contributed by atoms with E-state index in [0.29, 0.717) is 11.3 Å². The van der Waals surface area contributed by atoms with Crippen molar-refractivity contribution in [2.24, 2.45) is 0 Å². The van der Waals surface area contributed by atoms with Gasteiger partial charge in [-0.3, -0.25) is 9.59 Å². The highest BCUT2D eigenvalue weighted by atomic mass is 32.2. The number of carbonyl (C=O) groups excluding carboxylic acids is 2. The Balaban J connectivity index is 1.70. The molecule has 0 atom stereocenters. The van der Waals surface area contributed by atoms with Crippen LogP contribution in [0, 0.1) is 19.7 Å². The maximum atomic E-state index is 14.4. The van der Waals surface area contributed by atoms with Gasteiger partial charge in [-0.05, 0) is 108 Å². The molecule has 0 saturated carbocycles. The third-order valence-electron chi connectivity index (χ3n) is 7.14. The molecule has 3 aromatic rings. The van der Waals surface area contributed by atoms with Crippen molar-refractivity contribution in [3.05, 3.63) is 99.4 Å². The number of aryl methyl sites for hydroxylation is 2. The van der Waals surface area contributed by atoms with Crippen molar-refractivity contribution in [2.45, 2.75) is 57.8 Å². The molecule has 39 heavy (non-hydrogen) atoms. The number of carbonyl (C=O) groups is 2. The number of benzene rings is 3. The number of thiol groups is 1. The van der Waals surface area contributed by atoms with Crippen LogP contribution in [0.5, 0.6) is 5.75 Å². The summed E-state index contributed by atoms with van der Waals surface area (Å²) in [5.41, 5.74) is 7.39. The van der Waals surface area contributed by atoms with Gasteiger partial charge in [-0.25, -0.2) is 4.39 Å². The van der Waals surface area contributed by atoms with Crippen LogP contribution in [-0.4, -0.2) is 17.3 Å². The number of hydrogen-bond acceptors (Lipinski definition) is 4. The zero-order chi connectivity index (χ0) is 28.5. The van der Waals surface area contributed by atoms with Crippen molar-refractivity contribution in [3.63, 3.8) is 0 Å². The highest BCUT2D eigenvalue weighted by molar-refractivity contribution is 7.98. The molecule has 0 aromatic heterocycles. The number of halogens is 1. The molecule has 0 amide bonds. The molecule has 0 unspecified atom stereocenters. The number of esters is 1. The lowest BCUT2D eigenvalue weighted by atomic mass is 9.78. The fourth-order valence-corrected chi connectivity index (χ4v) is 6.30. The molecule has 3 nitrogen and oxygen atoms in total. The van der Waals surface area contributed by atoms with E-state index in [1.54, 1.807) is 17.8 Å². The van der Waals surface area contributed by atoms with E-state index in [1.807, 2.05) is 53.0 Å². The van der Waals surface area contributed by atoms with Crippen LogP contribution in [0.15, 0.2) is 65.1 Å². The highest BCUT2D eigenvalue weighted by Crippen LogP contribution is 2.44. The van der Waals surface area contributed by atoms with Gasteiger partial charge in [0.1, 0.15) is 11.6 Å². The van der Waals surface area contributed by atoms with Crippen LogP contribution in [-0.2, 0) is 15.0 Å². The molecule has 0 saturated heterocycles. The summed E-state index contributed by atoms with van der Waals surface area (Å²) in [6, 6.07) is 16.8. The topological polar surface area (TPSA) is 43.4 Å². The first-order valence-electron chi connectivity index (χ1n) is 12.8. The van der Waals surface area contributed by atoms with E-state index in [0.717, 1.165) is 44.5 Å². The Morgan fingerprint density at radius 2 is 1.69 bits per heavy atom. The summed E-state index contributed by atoms with van der Waals surface area (Å²) in [7, 11) is 0. The second-order valence-corrected chi connectivity index (χ2v) is 12.1. The lowest BCUT2D eigenvalue weighted by Crippen LogP contribution is -2.23. The maximum Gasteiger partial charge on any atom is 0.315 e. The lowest BCUT2D eigenvalue weighted by Gasteiger charge is -2.28. The predicted octanol–water partition coefficient (Wildman–Crippen LogP) is 8.61. The van der Waals surface area contributed by atoms with Gasteiger partial charge in [-0.2, -0.15) is 0 Å². The van der Waals surface area contributed by atoms with E-state index in [2.05, 4.69) is 43.0 Å². The third kappa shape index (κ3) is 6.39. The van der Waals surface area contributed by atoms with E-state index < -0.39 is 11.4 Å². The molecular formula is C33H33FO3S2. The van der Waals surface area contributed by atoms with Gasteiger partial charge >= 0.3 is 5.97 Å². The van der Waals surface area contributed by atoms with E-state index >= 15 is 0 Å². The van der Waals surface area contributed by atoms with Crippen molar-refractivity contribution in [2.75, 3.05) is 6.26 Å². The van der Waals surface area contributed by atoms with Crippen molar-refractivity contribution in [3.8, 4) is 5.75 Å². The van der Waals surface area contributed by atoms with E-state index in [9.17, 15) is 14.0 Å². The number of allylic oxidation sites excluding steroid dienone is 2. The van der Waals surface area contributed by atoms with Crippen LogP contribution in [0.1, 0.15) is 67.0 Å². The zero-order valence-corrected chi connectivity index (χ0v) is 24.9. The molecule has 4 rings (SSSR count). The molecule has 0 radical (unpaired) electrons. The highest BCUT2D eigenvalue weighted by Gasteiger charge is 2.31. The Labute approximate surface area is 240 Å². The minimum absolute atomic E-state index is 0.0105. The van der Waals surface area contributed by atoms with E-state index in [-0.39, 0.29) is 23.8 Å². The molecule has 202 valence electrons. The fourth-order valence-electron chi connectivity index (χ4n) is 5.49. The van der Waals surface area contributed by atoms with Gasteiger partial charge < -0.3 is 4.74 Å². The molecule has 0 fully saturated rings. The summed E-state index contributed by atoms with van der Waals surface area (Å²) in [5, 5.41) is -0.231. The summed E-state index contributed by atoms with van der Waals surface area (Å²) in [6.07, 6.45) is 4.31. The van der Waals surface area contributed by atoms with Gasteiger partial charge in [0.2, 0.25) is 0 Å². The molecule has 6 heteroatoms. The van der Waals surface area contributed by atoms with Crippen LogP contribution >= 0.6 is 24.4 Å². The molecule has 0 heterocycles. The second kappa shape index (κ2) is 11.6. The molecule has 0 aliphatic heterocycles. The zero-order valence-electron chi connectivity index (χ0n) is 23.1. The smallest absolute Gasteiger partial charge is 0.315 e.